The molecule has 0 radical (unpaired) electrons. The van der Waals surface area contributed by atoms with Crippen LogP contribution >= 0.6 is 0 Å². The molecule has 2 rings (SSSR count). The molecular weight excluding hydrogens is 244 g/mol. The third kappa shape index (κ3) is 2.37. The van der Waals surface area contributed by atoms with E-state index in [4.69, 9.17) is 4.74 Å². The van der Waals surface area contributed by atoms with Crippen LogP contribution in [0.5, 0.6) is 5.75 Å². The summed E-state index contributed by atoms with van der Waals surface area (Å²) in [5, 5.41) is 10.4. The summed E-state index contributed by atoms with van der Waals surface area (Å²) in [6.07, 6.45) is -1.63. The summed E-state index contributed by atoms with van der Waals surface area (Å²) < 4.78 is 9.44. The van der Waals surface area contributed by atoms with Crippen molar-refractivity contribution in [2.45, 2.75) is 0 Å². The molecule has 0 spiro atoms. The molecule has 18 heavy (non-hydrogen) atoms. The van der Waals surface area contributed by atoms with Crippen LogP contribution in [0.1, 0.15) is 0 Å². The summed E-state index contributed by atoms with van der Waals surface area (Å²) in [7, 11) is 0. The van der Waals surface area contributed by atoms with Crippen LogP contribution in [0.4, 0.5) is 15.3 Å². The Morgan fingerprint density at radius 1 is 1.39 bits per heavy atom. The van der Waals surface area contributed by atoms with Gasteiger partial charge < -0.3 is 9.47 Å². The first kappa shape index (κ1) is 11.8. The number of rotatable bonds is 2. The van der Waals surface area contributed by atoms with Gasteiger partial charge in [-0.05, 0) is 12.1 Å². The van der Waals surface area contributed by atoms with E-state index in [0.29, 0.717) is 0 Å². The Kier molecular flexibility index (Phi) is 3.09. The van der Waals surface area contributed by atoms with Crippen molar-refractivity contribution in [3.63, 3.8) is 0 Å². The zero-order valence-corrected chi connectivity index (χ0v) is 9.07. The fraction of sp³-hybridized carbons (Fsp3) is 0.200. The van der Waals surface area contributed by atoms with Crippen molar-refractivity contribution >= 4 is 17.9 Å². The standard InChI is InChI=1S/C10H8N2O6/c13-9-11(5-6-17-9)10(14)18-8-3-1-7(2-4-8)12(15)16/h1-4H,5-6H2. The van der Waals surface area contributed by atoms with Gasteiger partial charge >= 0.3 is 12.2 Å². The predicted octanol–water partition coefficient (Wildman–Crippen LogP) is 1.55. The van der Waals surface area contributed by atoms with Crippen LogP contribution < -0.4 is 4.74 Å². The maximum absolute atomic E-state index is 11.5. The minimum atomic E-state index is -0.869. The first-order chi connectivity index (χ1) is 8.58. The van der Waals surface area contributed by atoms with Crippen molar-refractivity contribution in [2.24, 2.45) is 0 Å². The second-order valence-corrected chi connectivity index (χ2v) is 3.38. The lowest BCUT2D eigenvalue weighted by molar-refractivity contribution is -0.384. The predicted molar refractivity (Wildman–Crippen MR) is 57.2 cm³/mol. The van der Waals surface area contributed by atoms with E-state index in [0.717, 1.165) is 4.90 Å². The highest BCUT2D eigenvalue weighted by molar-refractivity contribution is 5.89. The normalized spacial score (nSPS) is 14.2. The van der Waals surface area contributed by atoms with Gasteiger partial charge in [0, 0.05) is 12.1 Å². The van der Waals surface area contributed by atoms with Gasteiger partial charge in [0.1, 0.15) is 12.4 Å². The number of imide groups is 1. The molecule has 1 fully saturated rings. The summed E-state index contributed by atoms with van der Waals surface area (Å²) in [6.45, 7) is 0.263. The molecule has 0 aliphatic carbocycles. The maximum Gasteiger partial charge on any atom is 0.424 e. The number of carbonyl (C=O) groups is 2. The average Bonchev–Trinajstić information content (AvgIpc) is 2.76. The molecule has 94 valence electrons. The molecule has 8 nitrogen and oxygen atoms in total. The fourth-order valence-corrected chi connectivity index (χ4v) is 1.35. The molecule has 1 aromatic carbocycles. The van der Waals surface area contributed by atoms with Crippen LogP contribution in [0.3, 0.4) is 0 Å². The van der Waals surface area contributed by atoms with Gasteiger partial charge in [0.25, 0.3) is 5.69 Å². The Bertz CT molecular complexity index is 498. The third-order valence-electron chi connectivity index (χ3n) is 2.23. The number of nitrogens with zero attached hydrogens (tertiary/aromatic N) is 2. The summed E-state index contributed by atoms with van der Waals surface area (Å²) in [5.74, 6) is 0.116. The van der Waals surface area contributed by atoms with E-state index in [9.17, 15) is 19.7 Å². The first-order valence-corrected chi connectivity index (χ1v) is 4.98. The molecule has 0 atom stereocenters. The zero-order valence-electron chi connectivity index (χ0n) is 9.07. The van der Waals surface area contributed by atoms with E-state index in [1.807, 2.05) is 0 Å². The number of hydrogen-bond acceptors (Lipinski definition) is 6. The summed E-state index contributed by atoms with van der Waals surface area (Å²) >= 11 is 0. The van der Waals surface area contributed by atoms with Crippen molar-refractivity contribution in [1.82, 2.24) is 4.90 Å². The highest BCUT2D eigenvalue weighted by Gasteiger charge is 2.30. The van der Waals surface area contributed by atoms with Crippen LogP contribution in [0.15, 0.2) is 24.3 Å². The van der Waals surface area contributed by atoms with E-state index in [2.05, 4.69) is 4.74 Å². The maximum atomic E-state index is 11.5. The summed E-state index contributed by atoms with van der Waals surface area (Å²) in [4.78, 5) is 33.2. The lowest BCUT2D eigenvalue weighted by Crippen LogP contribution is -2.34. The number of hydrogen-bond donors (Lipinski definition) is 0. The Labute approximate surface area is 101 Å². The SMILES string of the molecule is O=C1OCCN1C(=O)Oc1ccc([N+](=O)[O-])cc1. The molecule has 1 heterocycles. The van der Waals surface area contributed by atoms with Gasteiger partial charge in [-0.2, -0.15) is 0 Å². The Morgan fingerprint density at radius 2 is 2.06 bits per heavy atom. The molecule has 1 aliphatic heterocycles. The van der Waals surface area contributed by atoms with Crippen molar-refractivity contribution in [2.75, 3.05) is 13.2 Å². The third-order valence-corrected chi connectivity index (χ3v) is 2.23. The number of carbonyl (C=O) groups excluding carboxylic acids is 2. The highest BCUT2D eigenvalue weighted by Crippen LogP contribution is 2.18. The molecule has 0 N–H and O–H groups in total. The van der Waals surface area contributed by atoms with Gasteiger partial charge in [-0.3, -0.25) is 10.1 Å². The van der Waals surface area contributed by atoms with Gasteiger partial charge in [0.05, 0.1) is 11.5 Å². The Hall–Kier alpha value is -2.64. The molecule has 1 aliphatic rings. The molecule has 2 amide bonds. The topological polar surface area (TPSA) is 99.0 Å². The monoisotopic (exact) mass is 252 g/mol. The molecular formula is C10H8N2O6. The smallest absolute Gasteiger partial charge is 0.424 e. The Balaban J connectivity index is 2.03. The van der Waals surface area contributed by atoms with E-state index in [-0.39, 0.29) is 24.6 Å². The van der Waals surface area contributed by atoms with Gasteiger partial charge in [-0.1, -0.05) is 0 Å². The molecule has 0 aromatic heterocycles. The van der Waals surface area contributed by atoms with Gasteiger partial charge in [0.15, 0.2) is 0 Å². The lowest BCUT2D eigenvalue weighted by atomic mass is 10.3. The highest BCUT2D eigenvalue weighted by atomic mass is 16.6. The number of benzene rings is 1. The lowest BCUT2D eigenvalue weighted by Gasteiger charge is -2.10. The van der Waals surface area contributed by atoms with Gasteiger partial charge in [-0.25, -0.2) is 14.5 Å². The molecule has 1 aromatic rings. The van der Waals surface area contributed by atoms with Crippen molar-refractivity contribution < 1.29 is 24.0 Å². The number of non-ortho nitro benzene ring substituents is 1. The van der Waals surface area contributed by atoms with Gasteiger partial charge in [-0.15, -0.1) is 0 Å². The fourth-order valence-electron chi connectivity index (χ4n) is 1.35. The molecule has 1 saturated heterocycles. The number of cyclic esters (lactones) is 1. The second kappa shape index (κ2) is 4.70. The van der Waals surface area contributed by atoms with E-state index >= 15 is 0 Å². The number of nitro benzene ring substituents is 1. The quantitative estimate of drug-likeness (QED) is 0.584. The summed E-state index contributed by atoms with van der Waals surface area (Å²) in [6, 6.07) is 4.95. The zero-order chi connectivity index (χ0) is 13.1. The van der Waals surface area contributed by atoms with Crippen LogP contribution in [0, 0.1) is 10.1 Å². The first-order valence-electron chi connectivity index (χ1n) is 4.98. The van der Waals surface area contributed by atoms with Crippen LogP contribution in [-0.2, 0) is 4.74 Å². The summed E-state index contributed by atoms with van der Waals surface area (Å²) in [5.41, 5.74) is -0.115. The van der Waals surface area contributed by atoms with Crippen LogP contribution in [0.2, 0.25) is 0 Å². The molecule has 0 unspecified atom stereocenters. The number of ether oxygens (including phenoxy) is 2. The second-order valence-electron chi connectivity index (χ2n) is 3.38. The largest absolute Gasteiger partial charge is 0.447 e. The van der Waals surface area contributed by atoms with E-state index < -0.39 is 17.1 Å². The molecule has 0 bridgehead atoms. The number of nitro groups is 1. The van der Waals surface area contributed by atoms with E-state index in [1.165, 1.54) is 24.3 Å². The molecule has 8 heteroatoms. The van der Waals surface area contributed by atoms with Crippen LogP contribution in [-0.4, -0.2) is 35.2 Å². The average molecular weight is 252 g/mol. The van der Waals surface area contributed by atoms with Crippen molar-refractivity contribution in [1.29, 1.82) is 0 Å². The van der Waals surface area contributed by atoms with Gasteiger partial charge in [0.2, 0.25) is 0 Å². The van der Waals surface area contributed by atoms with Crippen LogP contribution in [0.25, 0.3) is 0 Å². The molecule has 0 saturated carbocycles. The Morgan fingerprint density at radius 3 is 2.56 bits per heavy atom. The van der Waals surface area contributed by atoms with Crippen molar-refractivity contribution in [3.8, 4) is 5.75 Å². The number of amides is 2. The minimum absolute atomic E-state index is 0.115. The van der Waals surface area contributed by atoms with Crippen molar-refractivity contribution in [3.05, 3.63) is 34.4 Å². The minimum Gasteiger partial charge on any atom is -0.447 e. The van der Waals surface area contributed by atoms with E-state index in [1.54, 1.807) is 0 Å².